The highest BCUT2D eigenvalue weighted by Gasteiger charge is 2.28. The summed E-state index contributed by atoms with van der Waals surface area (Å²) in [5, 5.41) is 15.2. The smallest absolute Gasteiger partial charge is 0.252 e. The van der Waals surface area contributed by atoms with Crippen LogP contribution in [0.2, 0.25) is 0 Å². The zero-order chi connectivity index (χ0) is 24.3. The van der Waals surface area contributed by atoms with Crippen molar-refractivity contribution in [2.45, 2.75) is 38.1 Å². The maximum absolute atomic E-state index is 12.8. The van der Waals surface area contributed by atoms with Crippen molar-refractivity contribution in [1.29, 1.82) is 5.26 Å². The van der Waals surface area contributed by atoms with E-state index < -0.39 is 11.9 Å². The molecule has 2 aromatic rings. The molecular formula is C25H27N5O4. The Balaban J connectivity index is 1.56. The number of carbonyl (C=O) groups excluding carboxylic acids is 3. The van der Waals surface area contributed by atoms with Crippen LogP contribution in [-0.4, -0.2) is 59.9 Å². The van der Waals surface area contributed by atoms with E-state index in [-0.39, 0.29) is 18.4 Å². The first-order valence-electron chi connectivity index (χ1n) is 11.2. The minimum absolute atomic E-state index is 0.0864. The van der Waals surface area contributed by atoms with Gasteiger partial charge < -0.3 is 20.3 Å². The average molecular weight is 462 g/mol. The van der Waals surface area contributed by atoms with E-state index in [1.54, 1.807) is 24.3 Å². The Morgan fingerprint density at radius 2 is 2.12 bits per heavy atom. The molecule has 9 nitrogen and oxygen atoms in total. The van der Waals surface area contributed by atoms with E-state index in [4.69, 9.17) is 16.4 Å². The van der Waals surface area contributed by atoms with Crippen molar-refractivity contribution in [3.05, 3.63) is 36.0 Å². The Hall–Kier alpha value is -4.11. The monoisotopic (exact) mass is 461 g/mol. The average Bonchev–Trinajstić information content (AvgIpc) is 3.34. The molecule has 0 aliphatic carbocycles. The van der Waals surface area contributed by atoms with Gasteiger partial charge in [0, 0.05) is 37.5 Å². The number of hydrogen-bond donors (Lipinski definition) is 2. The second-order valence-electron chi connectivity index (χ2n) is 7.85. The Labute approximate surface area is 198 Å². The number of terminal acetylenes is 1. The van der Waals surface area contributed by atoms with Crippen molar-refractivity contribution in [3.63, 3.8) is 0 Å². The van der Waals surface area contributed by atoms with E-state index in [1.807, 2.05) is 0 Å². The van der Waals surface area contributed by atoms with Crippen LogP contribution in [0.4, 0.5) is 0 Å². The molecule has 9 heteroatoms. The number of likely N-dealkylation sites (tertiary alicyclic amines) is 1. The number of nitrogens with zero attached hydrogens (tertiary/aromatic N) is 3. The molecule has 1 saturated heterocycles. The molecule has 3 rings (SSSR count). The molecule has 0 saturated carbocycles. The number of amides is 3. The van der Waals surface area contributed by atoms with Crippen molar-refractivity contribution >= 4 is 28.6 Å². The van der Waals surface area contributed by atoms with Crippen molar-refractivity contribution in [2.24, 2.45) is 0 Å². The fraction of sp³-hybridized carbons (Fsp3) is 0.400. The molecule has 0 unspecified atom stereocenters. The molecule has 176 valence electrons. The predicted molar refractivity (Wildman–Crippen MR) is 126 cm³/mol. The van der Waals surface area contributed by atoms with E-state index in [1.165, 1.54) is 11.1 Å². The lowest BCUT2D eigenvalue weighted by molar-refractivity contribution is -0.130. The first kappa shape index (κ1) is 24.5. The summed E-state index contributed by atoms with van der Waals surface area (Å²) in [7, 11) is 0. The van der Waals surface area contributed by atoms with Crippen LogP contribution in [0.25, 0.3) is 10.9 Å². The van der Waals surface area contributed by atoms with E-state index in [2.05, 4.69) is 27.6 Å². The van der Waals surface area contributed by atoms with Gasteiger partial charge in [0.25, 0.3) is 5.91 Å². The van der Waals surface area contributed by atoms with Crippen LogP contribution in [0.5, 0.6) is 5.75 Å². The summed E-state index contributed by atoms with van der Waals surface area (Å²) in [6.07, 6.45) is 9.46. The standard InChI is InChI=1S/C25H27N5O4/c1-2-3-7-23(31)28-11-5-14-34-19-8-9-22-21(15-19)20(10-12-27-22)25(33)29-17-24(32)30-13-4-6-18(30)16-26/h1,8-10,12,15,18H,3-7,11,13-14,17H2,(H,28,31)(H,29,33)/t18-/m0/s1. The molecule has 0 spiro atoms. The SMILES string of the molecule is C#CCCC(=O)NCCCOc1ccc2nccc(C(=O)NCC(=O)N3CCC[C@H]3C#N)c2c1. The summed E-state index contributed by atoms with van der Waals surface area (Å²) in [5.41, 5.74) is 0.999. The zero-order valence-corrected chi connectivity index (χ0v) is 18.9. The van der Waals surface area contributed by atoms with Gasteiger partial charge in [0.1, 0.15) is 11.8 Å². The maximum atomic E-state index is 12.8. The summed E-state index contributed by atoms with van der Waals surface area (Å²) in [6, 6.07) is 8.54. The molecular weight excluding hydrogens is 434 g/mol. The number of fused-ring (bicyclic) bond motifs is 1. The third-order valence-corrected chi connectivity index (χ3v) is 5.49. The van der Waals surface area contributed by atoms with Crippen LogP contribution >= 0.6 is 0 Å². The lowest BCUT2D eigenvalue weighted by Crippen LogP contribution is -2.42. The summed E-state index contributed by atoms with van der Waals surface area (Å²) < 4.78 is 5.77. The van der Waals surface area contributed by atoms with Gasteiger partial charge in [-0.05, 0) is 43.5 Å². The predicted octanol–water partition coefficient (Wildman–Crippen LogP) is 1.78. The Kier molecular flexibility index (Phi) is 8.81. The van der Waals surface area contributed by atoms with Crippen molar-refractivity contribution in [1.82, 2.24) is 20.5 Å². The van der Waals surface area contributed by atoms with Gasteiger partial charge >= 0.3 is 0 Å². The second-order valence-corrected chi connectivity index (χ2v) is 7.85. The number of rotatable bonds is 10. The van der Waals surface area contributed by atoms with Gasteiger partial charge in [-0.15, -0.1) is 12.3 Å². The van der Waals surface area contributed by atoms with Gasteiger partial charge in [0.2, 0.25) is 11.8 Å². The first-order valence-corrected chi connectivity index (χ1v) is 11.2. The van der Waals surface area contributed by atoms with Crippen molar-refractivity contribution in [3.8, 4) is 24.2 Å². The molecule has 1 fully saturated rings. The van der Waals surface area contributed by atoms with E-state index in [9.17, 15) is 14.4 Å². The van der Waals surface area contributed by atoms with Crippen LogP contribution in [0, 0.1) is 23.7 Å². The highest BCUT2D eigenvalue weighted by atomic mass is 16.5. The molecule has 3 amide bonds. The van der Waals surface area contributed by atoms with Crippen LogP contribution in [0.15, 0.2) is 30.5 Å². The van der Waals surface area contributed by atoms with Gasteiger partial charge in [-0.1, -0.05) is 0 Å². The number of nitriles is 1. The van der Waals surface area contributed by atoms with Crippen LogP contribution in [0.3, 0.4) is 0 Å². The normalized spacial score (nSPS) is 14.8. The molecule has 0 bridgehead atoms. The highest BCUT2D eigenvalue weighted by Crippen LogP contribution is 2.23. The summed E-state index contributed by atoms with van der Waals surface area (Å²) in [4.78, 5) is 42.6. The molecule has 1 atom stereocenters. The summed E-state index contributed by atoms with van der Waals surface area (Å²) in [5.74, 6) is 2.24. The second kappa shape index (κ2) is 12.2. The molecule has 0 radical (unpaired) electrons. The van der Waals surface area contributed by atoms with Crippen LogP contribution in [0.1, 0.15) is 42.5 Å². The Morgan fingerprint density at radius 3 is 2.91 bits per heavy atom. The van der Waals surface area contributed by atoms with Gasteiger partial charge in [-0.2, -0.15) is 5.26 Å². The number of pyridine rings is 1. The zero-order valence-electron chi connectivity index (χ0n) is 18.9. The lowest BCUT2D eigenvalue weighted by atomic mass is 10.1. The minimum Gasteiger partial charge on any atom is -0.494 e. The topological polar surface area (TPSA) is 124 Å². The number of ether oxygens (including phenoxy) is 1. The number of aromatic nitrogens is 1. The molecule has 1 aromatic heterocycles. The number of carbonyl (C=O) groups is 3. The van der Waals surface area contributed by atoms with Crippen LogP contribution in [-0.2, 0) is 9.59 Å². The fourth-order valence-electron chi connectivity index (χ4n) is 3.73. The third-order valence-electron chi connectivity index (χ3n) is 5.49. The van der Waals surface area contributed by atoms with Gasteiger partial charge in [-0.3, -0.25) is 19.4 Å². The number of benzene rings is 1. The van der Waals surface area contributed by atoms with Gasteiger partial charge in [-0.25, -0.2) is 0 Å². The molecule has 1 aromatic carbocycles. The Morgan fingerprint density at radius 1 is 1.26 bits per heavy atom. The number of nitrogens with one attached hydrogen (secondary N) is 2. The van der Waals surface area contributed by atoms with Gasteiger partial charge in [0.05, 0.1) is 30.3 Å². The molecule has 1 aliphatic heterocycles. The lowest BCUT2D eigenvalue weighted by Gasteiger charge is -2.19. The maximum Gasteiger partial charge on any atom is 0.252 e. The Bertz CT molecular complexity index is 1130. The quantitative estimate of drug-likeness (QED) is 0.411. The summed E-state index contributed by atoms with van der Waals surface area (Å²) >= 11 is 0. The van der Waals surface area contributed by atoms with Crippen molar-refractivity contribution < 1.29 is 19.1 Å². The number of hydrogen-bond acceptors (Lipinski definition) is 6. The summed E-state index contributed by atoms with van der Waals surface area (Å²) in [6.45, 7) is 1.21. The van der Waals surface area contributed by atoms with Crippen LogP contribution < -0.4 is 15.4 Å². The third kappa shape index (κ3) is 6.46. The first-order chi connectivity index (χ1) is 16.5. The minimum atomic E-state index is -0.429. The van der Waals surface area contributed by atoms with Gasteiger partial charge in [0.15, 0.2) is 0 Å². The van der Waals surface area contributed by atoms with E-state index in [0.29, 0.717) is 67.6 Å². The highest BCUT2D eigenvalue weighted by molar-refractivity contribution is 6.07. The fourth-order valence-corrected chi connectivity index (χ4v) is 3.73. The van der Waals surface area contributed by atoms with E-state index >= 15 is 0 Å². The molecule has 2 N–H and O–H groups in total. The molecule has 1 aliphatic rings. The largest absolute Gasteiger partial charge is 0.494 e. The molecule has 34 heavy (non-hydrogen) atoms. The van der Waals surface area contributed by atoms with E-state index in [0.717, 1.165) is 6.42 Å². The molecule has 2 heterocycles. The van der Waals surface area contributed by atoms with Crippen molar-refractivity contribution in [2.75, 3.05) is 26.2 Å².